The topological polar surface area (TPSA) is 49.3 Å². The average Bonchev–Trinajstić information content (AvgIpc) is 2.41. The Morgan fingerprint density at radius 2 is 1.28 bits per heavy atom. The normalized spacial score (nSPS) is 9.78. The Balaban J connectivity index is 2.42. The number of hydrogen-bond donors (Lipinski definition) is 0. The second kappa shape index (κ2) is 5.77. The van der Waals surface area contributed by atoms with Gasteiger partial charge in [-0.25, -0.2) is 9.90 Å². The molecule has 87 valence electrons. The van der Waals surface area contributed by atoms with Crippen molar-refractivity contribution in [3.8, 4) is 0 Å². The molecule has 3 heteroatoms. The molecule has 0 aliphatic rings. The Morgan fingerprint density at radius 1 is 0.833 bits per heavy atom. The van der Waals surface area contributed by atoms with Crippen LogP contribution in [0.25, 0.3) is 0 Å². The van der Waals surface area contributed by atoms with Crippen LogP contribution in [0.15, 0.2) is 65.7 Å². The van der Waals surface area contributed by atoms with Crippen LogP contribution in [0, 0.1) is 6.54 Å². The van der Waals surface area contributed by atoms with Crippen LogP contribution in [-0.4, -0.2) is 11.7 Å². The van der Waals surface area contributed by atoms with E-state index in [2.05, 4.69) is 4.99 Å². The molecule has 0 amide bonds. The summed E-state index contributed by atoms with van der Waals surface area (Å²) in [7, 11) is 0. The molecule has 2 rings (SSSR count). The lowest BCUT2D eigenvalue weighted by Gasteiger charge is -2.05. The molecule has 0 bridgehead atoms. The van der Waals surface area contributed by atoms with Gasteiger partial charge in [0, 0.05) is 11.1 Å². The van der Waals surface area contributed by atoms with E-state index in [0.29, 0.717) is 5.71 Å². The summed E-state index contributed by atoms with van der Waals surface area (Å²) < 4.78 is 0. The molecule has 0 saturated carbocycles. The highest BCUT2D eigenvalue weighted by Crippen LogP contribution is 2.11. The van der Waals surface area contributed by atoms with Gasteiger partial charge in [-0.2, -0.15) is 0 Å². The summed E-state index contributed by atoms with van der Waals surface area (Å²) in [5.74, 6) is -1.43. The van der Waals surface area contributed by atoms with E-state index in [4.69, 9.17) is 0 Å². The Morgan fingerprint density at radius 3 is 1.67 bits per heavy atom. The number of hydrogen-bond acceptors (Lipinski definition) is 2. The van der Waals surface area contributed by atoms with Crippen molar-refractivity contribution in [2.45, 2.75) is 0 Å². The van der Waals surface area contributed by atoms with Crippen LogP contribution < -0.4 is 0 Å². The Bertz CT molecular complexity index is 506. The lowest BCUT2D eigenvalue weighted by Crippen LogP contribution is -2.04. The van der Waals surface area contributed by atoms with Crippen molar-refractivity contribution < 1.29 is 9.90 Å². The van der Waals surface area contributed by atoms with Crippen molar-refractivity contribution in [1.82, 2.24) is 0 Å². The minimum absolute atomic E-state index is 0.556. The maximum Gasteiger partial charge on any atom is 0.389 e. The minimum atomic E-state index is -1.43. The van der Waals surface area contributed by atoms with Gasteiger partial charge in [-0.15, -0.1) is 0 Å². The van der Waals surface area contributed by atoms with Crippen LogP contribution in [-0.2, 0) is 9.90 Å². The fraction of sp³-hybridized carbons (Fsp3) is 0. The third-order valence-corrected chi connectivity index (χ3v) is 2.35. The third kappa shape index (κ3) is 3.04. The van der Waals surface area contributed by atoms with Crippen molar-refractivity contribution in [2.24, 2.45) is 4.99 Å². The molecule has 0 N–H and O–H groups in total. The Hall–Kier alpha value is -2.42. The van der Waals surface area contributed by atoms with Gasteiger partial charge in [0.1, 0.15) is 0 Å². The summed E-state index contributed by atoms with van der Waals surface area (Å²) in [5, 5.41) is 10.4. The first kappa shape index (κ1) is 12.0. The fourth-order valence-electron chi connectivity index (χ4n) is 1.59. The van der Waals surface area contributed by atoms with E-state index in [0.717, 1.165) is 11.1 Å². The van der Waals surface area contributed by atoms with E-state index in [1.54, 1.807) is 0 Å². The highest BCUT2D eigenvalue weighted by Gasteiger charge is 2.08. The van der Waals surface area contributed by atoms with E-state index in [-0.39, 0.29) is 0 Å². The molecule has 0 heterocycles. The van der Waals surface area contributed by atoms with Crippen molar-refractivity contribution >= 4 is 11.7 Å². The van der Waals surface area contributed by atoms with Crippen molar-refractivity contribution in [3.63, 3.8) is 0 Å². The summed E-state index contributed by atoms with van der Waals surface area (Å²) in [6.07, 6.45) is 0. The van der Waals surface area contributed by atoms with Crippen LogP contribution in [0.3, 0.4) is 0 Å². The molecule has 2 aromatic carbocycles. The van der Waals surface area contributed by atoms with Gasteiger partial charge in [-0.05, 0) is 0 Å². The Labute approximate surface area is 105 Å². The Kier molecular flexibility index (Phi) is 3.86. The van der Waals surface area contributed by atoms with E-state index >= 15 is 0 Å². The number of nitrogens with zero attached hydrogens (tertiary/aromatic N) is 1. The monoisotopic (exact) mass is 236 g/mol. The van der Waals surface area contributed by atoms with Gasteiger partial charge in [-0.3, -0.25) is 4.99 Å². The van der Waals surface area contributed by atoms with Crippen LogP contribution in [0.5, 0.6) is 0 Å². The maximum atomic E-state index is 10.4. The van der Waals surface area contributed by atoms with E-state index < -0.39 is 5.97 Å². The van der Waals surface area contributed by atoms with Crippen molar-refractivity contribution in [3.05, 3.63) is 78.3 Å². The van der Waals surface area contributed by atoms with Crippen molar-refractivity contribution in [1.29, 1.82) is 0 Å². The van der Waals surface area contributed by atoms with Crippen molar-refractivity contribution in [2.75, 3.05) is 0 Å². The maximum absolute atomic E-state index is 10.4. The van der Waals surface area contributed by atoms with E-state index in [1.807, 2.05) is 67.2 Å². The van der Waals surface area contributed by atoms with Crippen LogP contribution >= 0.6 is 0 Å². The fourth-order valence-corrected chi connectivity index (χ4v) is 1.59. The molecule has 0 aromatic heterocycles. The number of carbonyl (C=O) groups excluding carboxylic acids is 1. The highest BCUT2D eigenvalue weighted by molar-refractivity contribution is 6.13. The first-order valence-corrected chi connectivity index (χ1v) is 5.43. The molecular formula is C15H10NO2. The highest BCUT2D eigenvalue weighted by atomic mass is 16.4. The average molecular weight is 236 g/mol. The quantitative estimate of drug-likeness (QED) is 0.752. The number of aliphatic imine (C=N–C) groups is 1. The predicted octanol–water partition coefficient (Wildman–Crippen LogP) is 2.52. The molecular weight excluding hydrogens is 226 g/mol. The summed E-state index contributed by atoms with van der Waals surface area (Å²) in [6, 6.07) is 18.7. The van der Waals surface area contributed by atoms with E-state index in [9.17, 15) is 9.90 Å². The number of benzene rings is 2. The second-order valence-corrected chi connectivity index (χ2v) is 3.59. The summed E-state index contributed by atoms with van der Waals surface area (Å²) in [5.41, 5.74) is 2.22. The van der Waals surface area contributed by atoms with Gasteiger partial charge in [0.05, 0.1) is 5.71 Å². The molecule has 0 spiro atoms. The lowest BCUT2D eigenvalue weighted by molar-refractivity contribution is -0.138. The molecule has 0 unspecified atom stereocenters. The smallest absolute Gasteiger partial charge is 0.259 e. The zero-order valence-corrected chi connectivity index (χ0v) is 9.54. The summed E-state index contributed by atoms with van der Waals surface area (Å²) in [6.45, 7) is 1.94. The van der Waals surface area contributed by atoms with Crippen LogP contribution in [0.4, 0.5) is 0 Å². The number of carbonyl (C=O) groups is 1. The summed E-state index contributed by atoms with van der Waals surface area (Å²) >= 11 is 0. The third-order valence-electron chi connectivity index (χ3n) is 2.35. The lowest BCUT2D eigenvalue weighted by atomic mass is 10.0. The summed E-state index contributed by atoms with van der Waals surface area (Å²) in [4.78, 5) is 14.3. The van der Waals surface area contributed by atoms with Gasteiger partial charge in [0.2, 0.25) is 6.54 Å². The zero-order chi connectivity index (χ0) is 12.8. The largest absolute Gasteiger partial charge is 0.389 e. The molecule has 3 nitrogen and oxygen atoms in total. The predicted molar refractivity (Wildman–Crippen MR) is 67.5 cm³/mol. The molecule has 0 aliphatic carbocycles. The van der Waals surface area contributed by atoms with Gasteiger partial charge >= 0.3 is 5.97 Å². The SMILES string of the molecule is [O]C(=O)[C]N=C(c1ccccc1)c1ccccc1. The second-order valence-electron chi connectivity index (χ2n) is 3.59. The number of rotatable bonds is 4. The molecule has 0 aliphatic heterocycles. The molecule has 0 saturated heterocycles. The molecule has 0 atom stereocenters. The van der Waals surface area contributed by atoms with E-state index in [1.165, 1.54) is 0 Å². The first-order valence-electron chi connectivity index (χ1n) is 5.43. The van der Waals surface area contributed by atoms with Gasteiger partial charge < -0.3 is 0 Å². The van der Waals surface area contributed by atoms with Crippen LogP contribution in [0.1, 0.15) is 11.1 Å². The first-order chi connectivity index (χ1) is 8.77. The molecule has 3 radical (unpaired) electrons. The molecule has 18 heavy (non-hydrogen) atoms. The van der Waals surface area contributed by atoms with Crippen LogP contribution in [0.2, 0.25) is 0 Å². The van der Waals surface area contributed by atoms with Gasteiger partial charge in [0.15, 0.2) is 0 Å². The minimum Gasteiger partial charge on any atom is -0.259 e. The van der Waals surface area contributed by atoms with Gasteiger partial charge in [0.25, 0.3) is 0 Å². The molecule has 2 aromatic rings. The molecule has 0 fully saturated rings. The standard InChI is InChI=1S/C15H10NO2/c17-14(18)11-16-15(12-7-3-1-4-8-12)13-9-5-2-6-10-13/h1-10H. The van der Waals surface area contributed by atoms with Gasteiger partial charge in [-0.1, -0.05) is 60.7 Å². The zero-order valence-electron chi connectivity index (χ0n) is 9.54.